The zero-order chi connectivity index (χ0) is 21.3. The molecule has 0 aliphatic heterocycles. The van der Waals surface area contributed by atoms with Gasteiger partial charge < -0.3 is 4.74 Å². The fraction of sp³-hybridized carbons (Fsp3) is 0.100. The Morgan fingerprint density at radius 1 is 0.967 bits per heavy atom. The van der Waals surface area contributed by atoms with E-state index in [-0.39, 0.29) is 16.9 Å². The summed E-state index contributed by atoms with van der Waals surface area (Å²) in [6, 6.07) is 11.7. The zero-order valence-corrected chi connectivity index (χ0v) is 15.5. The Labute approximate surface area is 168 Å². The lowest BCUT2D eigenvalue weighted by Crippen LogP contribution is -2.17. The number of ether oxygens (including phenoxy) is 1. The highest BCUT2D eigenvalue weighted by molar-refractivity contribution is 5.57. The number of pyridine rings is 1. The van der Waals surface area contributed by atoms with Crippen LogP contribution in [0.5, 0.6) is 5.75 Å². The second-order valence-corrected chi connectivity index (χ2v) is 6.30. The molecule has 0 aliphatic carbocycles. The molecular weight excluding hydrogens is 399 g/mol. The third kappa shape index (κ3) is 4.07. The van der Waals surface area contributed by atoms with E-state index in [9.17, 15) is 18.0 Å². The predicted molar refractivity (Wildman–Crippen MR) is 102 cm³/mol. The van der Waals surface area contributed by atoms with Crippen LogP contribution in [0.15, 0.2) is 71.9 Å². The van der Waals surface area contributed by atoms with Crippen molar-refractivity contribution in [3.8, 4) is 28.5 Å². The Kier molecular flexibility index (Phi) is 4.82. The van der Waals surface area contributed by atoms with E-state index in [2.05, 4.69) is 19.9 Å². The van der Waals surface area contributed by atoms with Crippen LogP contribution in [0, 0.1) is 6.92 Å². The topological polar surface area (TPSA) is 74.8 Å². The maximum absolute atomic E-state index is 12.5. The normalized spacial score (nSPS) is 11.5. The summed E-state index contributed by atoms with van der Waals surface area (Å²) in [4.78, 5) is 16.6. The van der Waals surface area contributed by atoms with Gasteiger partial charge in [-0.15, -0.1) is 13.2 Å². The molecular formula is C20H14F3N5O2. The van der Waals surface area contributed by atoms with E-state index in [1.165, 1.54) is 41.2 Å². The molecule has 0 saturated carbocycles. The second kappa shape index (κ2) is 7.47. The smallest absolute Gasteiger partial charge is 0.406 e. The van der Waals surface area contributed by atoms with Crippen LogP contribution in [0.3, 0.4) is 0 Å². The van der Waals surface area contributed by atoms with Crippen molar-refractivity contribution in [3.63, 3.8) is 0 Å². The molecule has 0 spiro atoms. The van der Waals surface area contributed by atoms with Gasteiger partial charge in [-0.1, -0.05) is 0 Å². The van der Waals surface area contributed by atoms with Crippen molar-refractivity contribution < 1.29 is 17.9 Å². The Hall–Kier alpha value is -3.95. The van der Waals surface area contributed by atoms with Gasteiger partial charge in [0.15, 0.2) is 5.69 Å². The minimum atomic E-state index is -4.77. The molecule has 7 nitrogen and oxygen atoms in total. The zero-order valence-electron chi connectivity index (χ0n) is 15.5. The van der Waals surface area contributed by atoms with E-state index >= 15 is 0 Å². The van der Waals surface area contributed by atoms with Crippen molar-refractivity contribution >= 4 is 0 Å². The number of hydrogen-bond acceptors (Lipinski definition) is 5. The number of alkyl halides is 3. The highest BCUT2D eigenvalue weighted by Gasteiger charge is 2.31. The summed E-state index contributed by atoms with van der Waals surface area (Å²) in [5.74, 6) is -0.348. The van der Waals surface area contributed by atoms with E-state index in [1.54, 1.807) is 29.2 Å². The summed E-state index contributed by atoms with van der Waals surface area (Å²) >= 11 is 0. The van der Waals surface area contributed by atoms with Crippen LogP contribution in [-0.4, -0.2) is 30.9 Å². The number of rotatable bonds is 4. The number of benzene rings is 1. The fourth-order valence-electron chi connectivity index (χ4n) is 2.88. The highest BCUT2D eigenvalue weighted by Crippen LogP contribution is 2.24. The van der Waals surface area contributed by atoms with Crippen LogP contribution in [0.4, 0.5) is 13.2 Å². The van der Waals surface area contributed by atoms with E-state index < -0.39 is 6.36 Å². The Balaban J connectivity index is 1.72. The molecule has 3 heterocycles. The molecule has 0 atom stereocenters. The van der Waals surface area contributed by atoms with Crippen LogP contribution in [0.25, 0.3) is 22.8 Å². The van der Waals surface area contributed by atoms with E-state index in [1.807, 2.05) is 13.0 Å². The fourth-order valence-corrected chi connectivity index (χ4v) is 2.88. The van der Waals surface area contributed by atoms with Gasteiger partial charge in [-0.3, -0.25) is 9.78 Å². The number of aryl methyl sites for hydroxylation is 1. The monoisotopic (exact) mass is 413 g/mol. The molecule has 3 aromatic heterocycles. The van der Waals surface area contributed by atoms with Crippen LogP contribution in [0.2, 0.25) is 0 Å². The minimum Gasteiger partial charge on any atom is -0.406 e. The van der Waals surface area contributed by atoms with Gasteiger partial charge >= 0.3 is 6.36 Å². The SMILES string of the molecule is Cc1cc(-n2nccc2-c2nn(-c3ccc(OC(F)(F)F)cc3)ccc2=O)ccn1. The van der Waals surface area contributed by atoms with Gasteiger partial charge in [0.25, 0.3) is 0 Å². The summed E-state index contributed by atoms with van der Waals surface area (Å²) in [6.07, 6.45) is -0.152. The third-order valence-corrected chi connectivity index (χ3v) is 4.15. The molecule has 0 amide bonds. The molecule has 10 heteroatoms. The quantitative estimate of drug-likeness (QED) is 0.510. The first-order valence-corrected chi connectivity index (χ1v) is 8.74. The van der Waals surface area contributed by atoms with Crippen molar-refractivity contribution in [2.24, 2.45) is 0 Å². The average Bonchev–Trinajstić information content (AvgIpc) is 3.17. The first-order valence-electron chi connectivity index (χ1n) is 8.74. The molecule has 4 rings (SSSR count). The molecule has 0 radical (unpaired) electrons. The molecule has 30 heavy (non-hydrogen) atoms. The molecule has 1 aromatic carbocycles. The summed E-state index contributed by atoms with van der Waals surface area (Å²) in [6.45, 7) is 1.84. The maximum atomic E-state index is 12.5. The van der Waals surface area contributed by atoms with Crippen molar-refractivity contribution in [1.29, 1.82) is 0 Å². The first kappa shape index (κ1) is 19.4. The minimum absolute atomic E-state index is 0.139. The lowest BCUT2D eigenvalue weighted by Gasteiger charge is -2.11. The Morgan fingerprint density at radius 2 is 1.73 bits per heavy atom. The number of aromatic nitrogens is 5. The van der Waals surface area contributed by atoms with Crippen molar-refractivity contribution in [1.82, 2.24) is 24.5 Å². The van der Waals surface area contributed by atoms with Crippen molar-refractivity contribution in [3.05, 3.63) is 83.0 Å². The van der Waals surface area contributed by atoms with E-state index in [0.29, 0.717) is 17.1 Å². The third-order valence-electron chi connectivity index (χ3n) is 4.15. The van der Waals surface area contributed by atoms with E-state index in [0.717, 1.165) is 5.69 Å². The number of nitrogens with zero attached hydrogens (tertiary/aromatic N) is 5. The van der Waals surface area contributed by atoms with Gasteiger partial charge in [0.1, 0.15) is 5.75 Å². The van der Waals surface area contributed by atoms with Gasteiger partial charge in [0.2, 0.25) is 5.43 Å². The van der Waals surface area contributed by atoms with Gasteiger partial charge in [-0.25, -0.2) is 9.36 Å². The molecule has 4 aromatic rings. The lowest BCUT2D eigenvalue weighted by molar-refractivity contribution is -0.274. The van der Waals surface area contributed by atoms with Gasteiger partial charge in [0, 0.05) is 24.2 Å². The molecule has 0 saturated heterocycles. The Bertz CT molecular complexity index is 1250. The lowest BCUT2D eigenvalue weighted by atomic mass is 10.2. The van der Waals surface area contributed by atoms with Crippen LogP contribution < -0.4 is 10.2 Å². The highest BCUT2D eigenvalue weighted by atomic mass is 19.4. The van der Waals surface area contributed by atoms with E-state index in [4.69, 9.17) is 0 Å². The molecule has 0 N–H and O–H groups in total. The molecule has 0 aliphatic rings. The van der Waals surface area contributed by atoms with Crippen molar-refractivity contribution in [2.45, 2.75) is 13.3 Å². The average molecular weight is 413 g/mol. The van der Waals surface area contributed by atoms with Crippen LogP contribution in [-0.2, 0) is 0 Å². The van der Waals surface area contributed by atoms with Gasteiger partial charge in [0.05, 0.1) is 23.3 Å². The standard InChI is InChI=1S/C20H14F3N5O2/c1-13-12-15(6-9-24-13)28-17(7-10-25-28)19-18(29)8-11-27(26-19)14-2-4-16(5-3-14)30-20(21,22)23/h2-12H,1H3. The Morgan fingerprint density at radius 3 is 2.43 bits per heavy atom. The largest absolute Gasteiger partial charge is 0.573 e. The predicted octanol–water partition coefficient (Wildman–Crippen LogP) is 3.69. The number of halogens is 3. The van der Waals surface area contributed by atoms with Crippen LogP contribution >= 0.6 is 0 Å². The number of hydrogen-bond donors (Lipinski definition) is 0. The summed E-state index contributed by atoms with van der Waals surface area (Å²) in [5.41, 5.74) is 2.24. The molecule has 0 bridgehead atoms. The summed E-state index contributed by atoms with van der Waals surface area (Å²) < 4.78 is 43.8. The molecule has 0 unspecified atom stereocenters. The van der Waals surface area contributed by atoms with Gasteiger partial charge in [-0.2, -0.15) is 10.2 Å². The summed E-state index contributed by atoms with van der Waals surface area (Å²) in [5, 5.41) is 8.63. The molecule has 152 valence electrons. The summed E-state index contributed by atoms with van der Waals surface area (Å²) in [7, 11) is 0. The molecule has 0 fully saturated rings. The maximum Gasteiger partial charge on any atom is 0.573 e. The van der Waals surface area contributed by atoms with Gasteiger partial charge in [-0.05, 0) is 49.4 Å². The van der Waals surface area contributed by atoms with Crippen molar-refractivity contribution in [2.75, 3.05) is 0 Å². The first-order chi connectivity index (χ1) is 14.3. The second-order valence-electron chi connectivity index (χ2n) is 6.30. The van der Waals surface area contributed by atoms with Crippen LogP contribution in [0.1, 0.15) is 5.69 Å².